The van der Waals surface area contributed by atoms with Crippen LogP contribution in [0.3, 0.4) is 0 Å². The number of nitrogens with one attached hydrogen (secondary N) is 2. The van der Waals surface area contributed by atoms with Gasteiger partial charge in [-0.05, 0) is 36.8 Å². The van der Waals surface area contributed by atoms with Gasteiger partial charge in [0, 0.05) is 29.4 Å². The second-order valence-electron chi connectivity index (χ2n) is 4.55. The zero-order valence-corrected chi connectivity index (χ0v) is 12.1. The molecule has 3 nitrogen and oxygen atoms in total. The van der Waals surface area contributed by atoms with Gasteiger partial charge in [0.25, 0.3) is 0 Å². The number of benzene rings is 2. The zero-order valence-electron chi connectivity index (χ0n) is 11.3. The van der Waals surface area contributed by atoms with Crippen molar-refractivity contribution in [3.05, 3.63) is 59.1 Å². The van der Waals surface area contributed by atoms with E-state index in [9.17, 15) is 4.79 Å². The van der Waals surface area contributed by atoms with Crippen LogP contribution in [0.5, 0.6) is 0 Å². The number of carbonyl (C=O) groups excluding carboxylic acids is 1. The summed E-state index contributed by atoms with van der Waals surface area (Å²) in [6.45, 7) is 2.63. The lowest BCUT2D eigenvalue weighted by Gasteiger charge is -2.09. The van der Waals surface area contributed by atoms with Crippen molar-refractivity contribution in [3.8, 4) is 0 Å². The van der Waals surface area contributed by atoms with Gasteiger partial charge in [0.15, 0.2) is 0 Å². The maximum atomic E-state index is 11.8. The van der Waals surface area contributed by atoms with Crippen LogP contribution in [0.2, 0.25) is 5.02 Å². The minimum absolute atomic E-state index is 0.0339. The lowest BCUT2D eigenvalue weighted by molar-refractivity contribution is -0.115. The summed E-state index contributed by atoms with van der Waals surface area (Å²) in [5.41, 5.74) is 2.95. The minimum atomic E-state index is -0.0339. The van der Waals surface area contributed by atoms with E-state index >= 15 is 0 Å². The number of aryl methyl sites for hydroxylation is 1. The molecule has 2 aromatic rings. The van der Waals surface area contributed by atoms with E-state index in [0.29, 0.717) is 18.0 Å². The quantitative estimate of drug-likeness (QED) is 0.870. The summed E-state index contributed by atoms with van der Waals surface area (Å²) >= 11 is 5.87. The first-order chi connectivity index (χ1) is 9.65. The number of rotatable bonds is 5. The van der Waals surface area contributed by atoms with Crippen molar-refractivity contribution in [2.75, 3.05) is 17.2 Å². The molecule has 0 aromatic heterocycles. The average molecular weight is 289 g/mol. The van der Waals surface area contributed by atoms with Crippen LogP contribution in [0.4, 0.5) is 11.4 Å². The number of anilines is 2. The van der Waals surface area contributed by atoms with Gasteiger partial charge in [0.05, 0.1) is 0 Å². The Morgan fingerprint density at radius 1 is 1.15 bits per heavy atom. The average Bonchev–Trinajstić information content (AvgIpc) is 2.41. The fourth-order valence-electron chi connectivity index (χ4n) is 1.87. The standard InChI is InChI=1S/C16H17ClN2O/c1-12-5-2-3-8-15(12)18-10-9-16(20)19-14-7-4-6-13(17)11-14/h2-8,11,18H,9-10H2,1H3,(H,19,20). The highest BCUT2D eigenvalue weighted by atomic mass is 35.5. The van der Waals surface area contributed by atoms with Crippen LogP contribution in [-0.2, 0) is 4.79 Å². The number of amides is 1. The van der Waals surface area contributed by atoms with Crippen molar-refractivity contribution in [2.45, 2.75) is 13.3 Å². The van der Waals surface area contributed by atoms with Crippen molar-refractivity contribution in [2.24, 2.45) is 0 Å². The first-order valence-corrected chi connectivity index (χ1v) is 6.88. The number of carbonyl (C=O) groups is 1. The van der Waals surface area contributed by atoms with Crippen LogP contribution in [0.1, 0.15) is 12.0 Å². The molecule has 0 fully saturated rings. The van der Waals surface area contributed by atoms with Crippen LogP contribution in [0.15, 0.2) is 48.5 Å². The Bertz CT molecular complexity index is 599. The van der Waals surface area contributed by atoms with Gasteiger partial charge >= 0.3 is 0 Å². The van der Waals surface area contributed by atoms with Crippen molar-refractivity contribution in [1.82, 2.24) is 0 Å². The third-order valence-electron chi connectivity index (χ3n) is 2.92. The molecule has 0 saturated heterocycles. The summed E-state index contributed by atoms with van der Waals surface area (Å²) in [7, 11) is 0. The molecule has 0 aliphatic carbocycles. The summed E-state index contributed by atoms with van der Waals surface area (Å²) in [6, 6.07) is 15.1. The Morgan fingerprint density at radius 3 is 2.70 bits per heavy atom. The maximum absolute atomic E-state index is 11.8. The SMILES string of the molecule is Cc1ccccc1NCCC(=O)Nc1cccc(Cl)c1. The summed E-state index contributed by atoms with van der Waals surface area (Å²) < 4.78 is 0. The maximum Gasteiger partial charge on any atom is 0.226 e. The summed E-state index contributed by atoms with van der Waals surface area (Å²) in [6.07, 6.45) is 0.404. The molecule has 0 radical (unpaired) electrons. The molecule has 0 bridgehead atoms. The first kappa shape index (κ1) is 14.4. The Labute approximate surface area is 124 Å². The predicted octanol–water partition coefficient (Wildman–Crippen LogP) is 4.09. The number of hydrogen-bond donors (Lipinski definition) is 2. The van der Waals surface area contributed by atoms with Crippen molar-refractivity contribution in [3.63, 3.8) is 0 Å². The molecule has 2 aromatic carbocycles. The minimum Gasteiger partial charge on any atom is -0.384 e. The molecule has 0 heterocycles. The van der Waals surface area contributed by atoms with E-state index in [2.05, 4.69) is 10.6 Å². The van der Waals surface area contributed by atoms with Crippen molar-refractivity contribution >= 4 is 28.9 Å². The number of halogens is 1. The normalized spacial score (nSPS) is 10.1. The summed E-state index contributed by atoms with van der Waals surface area (Å²) in [5, 5.41) is 6.69. The van der Waals surface area contributed by atoms with E-state index < -0.39 is 0 Å². The van der Waals surface area contributed by atoms with Gasteiger partial charge < -0.3 is 10.6 Å². The molecule has 2 rings (SSSR count). The third kappa shape index (κ3) is 4.28. The molecule has 0 spiro atoms. The summed E-state index contributed by atoms with van der Waals surface area (Å²) in [5.74, 6) is -0.0339. The highest BCUT2D eigenvalue weighted by molar-refractivity contribution is 6.30. The van der Waals surface area contributed by atoms with Gasteiger partial charge in [-0.15, -0.1) is 0 Å². The number of para-hydroxylation sites is 1. The molecular weight excluding hydrogens is 272 g/mol. The lowest BCUT2D eigenvalue weighted by Crippen LogP contribution is -2.16. The van der Waals surface area contributed by atoms with E-state index in [4.69, 9.17) is 11.6 Å². The van der Waals surface area contributed by atoms with Gasteiger partial charge in [-0.25, -0.2) is 0 Å². The highest BCUT2D eigenvalue weighted by Crippen LogP contribution is 2.15. The molecule has 20 heavy (non-hydrogen) atoms. The highest BCUT2D eigenvalue weighted by Gasteiger charge is 2.03. The van der Waals surface area contributed by atoms with Gasteiger partial charge in [-0.1, -0.05) is 35.9 Å². The van der Waals surface area contributed by atoms with Gasteiger partial charge in [-0.2, -0.15) is 0 Å². The van der Waals surface area contributed by atoms with E-state index in [1.165, 1.54) is 5.56 Å². The monoisotopic (exact) mass is 288 g/mol. The van der Waals surface area contributed by atoms with Gasteiger partial charge in [0.1, 0.15) is 0 Å². The number of hydrogen-bond acceptors (Lipinski definition) is 2. The van der Waals surface area contributed by atoms with E-state index in [0.717, 1.165) is 11.4 Å². The molecule has 0 aliphatic heterocycles. The van der Waals surface area contributed by atoms with Gasteiger partial charge in [-0.3, -0.25) is 4.79 Å². The molecule has 0 atom stereocenters. The smallest absolute Gasteiger partial charge is 0.226 e. The molecule has 0 saturated carbocycles. The molecule has 1 amide bonds. The van der Waals surface area contributed by atoms with Crippen LogP contribution in [0.25, 0.3) is 0 Å². The van der Waals surface area contributed by atoms with Crippen molar-refractivity contribution < 1.29 is 4.79 Å². The van der Waals surface area contributed by atoms with E-state index in [-0.39, 0.29) is 5.91 Å². The van der Waals surface area contributed by atoms with E-state index in [1.54, 1.807) is 12.1 Å². The van der Waals surface area contributed by atoms with Crippen LogP contribution < -0.4 is 10.6 Å². The molecule has 0 unspecified atom stereocenters. The fraction of sp³-hybridized carbons (Fsp3) is 0.188. The van der Waals surface area contributed by atoms with Crippen LogP contribution in [-0.4, -0.2) is 12.5 Å². The van der Waals surface area contributed by atoms with Crippen LogP contribution >= 0.6 is 11.6 Å². The zero-order chi connectivity index (χ0) is 14.4. The molecule has 104 valence electrons. The Hall–Kier alpha value is -2.00. The van der Waals surface area contributed by atoms with Crippen molar-refractivity contribution in [1.29, 1.82) is 0 Å². The Balaban J connectivity index is 1.80. The molecule has 4 heteroatoms. The summed E-state index contributed by atoms with van der Waals surface area (Å²) in [4.78, 5) is 11.8. The Kier molecular flexibility index (Phi) is 5.02. The molecule has 2 N–H and O–H groups in total. The lowest BCUT2D eigenvalue weighted by atomic mass is 10.2. The fourth-order valence-corrected chi connectivity index (χ4v) is 2.06. The van der Waals surface area contributed by atoms with Crippen LogP contribution in [0, 0.1) is 6.92 Å². The van der Waals surface area contributed by atoms with E-state index in [1.807, 2.05) is 43.3 Å². The Morgan fingerprint density at radius 2 is 1.95 bits per heavy atom. The van der Waals surface area contributed by atoms with Gasteiger partial charge in [0.2, 0.25) is 5.91 Å². The largest absolute Gasteiger partial charge is 0.384 e. The molecular formula is C16H17ClN2O. The first-order valence-electron chi connectivity index (χ1n) is 6.50. The topological polar surface area (TPSA) is 41.1 Å². The second-order valence-corrected chi connectivity index (χ2v) is 4.99. The molecule has 0 aliphatic rings. The third-order valence-corrected chi connectivity index (χ3v) is 3.16. The predicted molar refractivity (Wildman–Crippen MR) is 84.4 cm³/mol. The second kappa shape index (κ2) is 6.96.